The Balaban J connectivity index is 2.08. The smallest absolute Gasteiger partial charge is 0.124 e. The zero-order valence-electron chi connectivity index (χ0n) is 10.2. The molecule has 2 atom stereocenters. The zero-order valence-corrected chi connectivity index (χ0v) is 10.9. The molecule has 0 amide bonds. The number of rotatable bonds is 3. The van der Waals surface area contributed by atoms with Crippen molar-refractivity contribution < 1.29 is 4.39 Å². The number of halogens is 2. The highest BCUT2D eigenvalue weighted by molar-refractivity contribution is 6.33. The normalized spacial score (nSPS) is 24.6. The molecule has 1 aliphatic carbocycles. The fraction of sp³-hybridized carbons (Fsp3) is 0.571. The van der Waals surface area contributed by atoms with Gasteiger partial charge in [0.1, 0.15) is 5.82 Å². The third-order valence-corrected chi connectivity index (χ3v) is 4.02. The van der Waals surface area contributed by atoms with Crippen LogP contribution in [0.25, 0.3) is 0 Å². The van der Waals surface area contributed by atoms with Crippen LogP contribution in [0.4, 0.5) is 10.1 Å². The zero-order chi connectivity index (χ0) is 12.3. The summed E-state index contributed by atoms with van der Waals surface area (Å²) in [5, 5.41) is 3.96. The molecule has 0 aromatic heterocycles. The quantitative estimate of drug-likeness (QED) is 0.813. The van der Waals surface area contributed by atoms with E-state index < -0.39 is 0 Å². The van der Waals surface area contributed by atoms with Crippen LogP contribution in [-0.4, -0.2) is 6.04 Å². The molecule has 0 heterocycles. The second-order valence-corrected chi connectivity index (χ2v) is 5.23. The highest BCUT2D eigenvalue weighted by atomic mass is 35.5. The maximum atomic E-state index is 13.0. The van der Waals surface area contributed by atoms with Crippen LogP contribution in [-0.2, 0) is 0 Å². The molecular formula is C14H19ClFN. The molecule has 17 heavy (non-hydrogen) atoms. The summed E-state index contributed by atoms with van der Waals surface area (Å²) in [6.45, 7) is 2.23. The summed E-state index contributed by atoms with van der Waals surface area (Å²) in [7, 11) is 0. The van der Waals surface area contributed by atoms with E-state index in [1.165, 1.54) is 44.2 Å². The Bertz CT molecular complexity index is 380. The van der Waals surface area contributed by atoms with E-state index in [0.717, 1.165) is 5.69 Å². The van der Waals surface area contributed by atoms with Crippen molar-refractivity contribution in [3.8, 4) is 0 Å². The molecule has 0 saturated heterocycles. The van der Waals surface area contributed by atoms with Crippen molar-refractivity contribution >= 4 is 17.3 Å². The summed E-state index contributed by atoms with van der Waals surface area (Å²) in [6, 6.07) is 5.04. The SMILES string of the molecule is CCC1CCCCC1Nc1ccc(F)cc1Cl. The minimum atomic E-state index is -0.281. The van der Waals surface area contributed by atoms with Crippen molar-refractivity contribution in [1.82, 2.24) is 0 Å². The molecule has 0 bridgehead atoms. The van der Waals surface area contributed by atoms with Crippen molar-refractivity contribution in [2.45, 2.75) is 45.1 Å². The van der Waals surface area contributed by atoms with Gasteiger partial charge < -0.3 is 5.32 Å². The van der Waals surface area contributed by atoms with Gasteiger partial charge in [0.05, 0.1) is 10.7 Å². The monoisotopic (exact) mass is 255 g/mol. The first-order chi connectivity index (χ1) is 8.20. The number of benzene rings is 1. The molecule has 3 heteroatoms. The van der Waals surface area contributed by atoms with E-state index in [2.05, 4.69) is 12.2 Å². The van der Waals surface area contributed by atoms with Crippen LogP contribution in [0.3, 0.4) is 0 Å². The van der Waals surface area contributed by atoms with Crippen molar-refractivity contribution in [3.63, 3.8) is 0 Å². The van der Waals surface area contributed by atoms with Gasteiger partial charge in [0.25, 0.3) is 0 Å². The predicted octanol–water partition coefficient (Wildman–Crippen LogP) is 4.86. The lowest BCUT2D eigenvalue weighted by Gasteiger charge is -2.32. The van der Waals surface area contributed by atoms with Crippen molar-refractivity contribution in [2.24, 2.45) is 5.92 Å². The van der Waals surface area contributed by atoms with Gasteiger partial charge >= 0.3 is 0 Å². The molecule has 1 aromatic carbocycles. The van der Waals surface area contributed by atoms with E-state index in [0.29, 0.717) is 17.0 Å². The topological polar surface area (TPSA) is 12.0 Å². The van der Waals surface area contributed by atoms with E-state index in [1.54, 1.807) is 6.07 Å². The molecule has 1 saturated carbocycles. The summed E-state index contributed by atoms with van der Waals surface area (Å²) in [4.78, 5) is 0. The summed E-state index contributed by atoms with van der Waals surface area (Å²) < 4.78 is 13.0. The molecule has 94 valence electrons. The van der Waals surface area contributed by atoms with E-state index in [4.69, 9.17) is 11.6 Å². The first kappa shape index (κ1) is 12.7. The summed E-state index contributed by atoms with van der Waals surface area (Å²) >= 11 is 6.04. The maximum Gasteiger partial charge on any atom is 0.124 e. The van der Waals surface area contributed by atoms with Crippen LogP contribution < -0.4 is 5.32 Å². The Morgan fingerprint density at radius 3 is 2.82 bits per heavy atom. The highest BCUT2D eigenvalue weighted by Crippen LogP contribution is 2.31. The Labute approximate surface area is 107 Å². The highest BCUT2D eigenvalue weighted by Gasteiger charge is 2.23. The van der Waals surface area contributed by atoms with Crippen LogP contribution in [0.1, 0.15) is 39.0 Å². The van der Waals surface area contributed by atoms with E-state index in [9.17, 15) is 4.39 Å². The third-order valence-electron chi connectivity index (χ3n) is 3.71. The number of hydrogen-bond donors (Lipinski definition) is 1. The molecule has 0 spiro atoms. The number of anilines is 1. The van der Waals surface area contributed by atoms with Crippen LogP contribution >= 0.6 is 11.6 Å². The summed E-state index contributed by atoms with van der Waals surface area (Å²) in [5.74, 6) is 0.432. The van der Waals surface area contributed by atoms with E-state index in [1.807, 2.05) is 0 Å². The minimum absolute atomic E-state index is 0.281. The average Bonchev–Trinajstić information content (AvgIpc) is 2.33. The van der Waals surface area contributed by atoms with Gasteiger partial charge in [0.15, 0.2) is 0 Å². The lowest BCUT2D eigenvalue weighted by atomic mass is 9.83. The molecule has 0 aliphatic heterocycles. The van der Waals surface area contributed by atoms with Crippen LogP contribution in [0, 0.1) is 11.7 Å². The van der Waals surface area contributed by atoms with Gasteiger partial charge in [-0.2, -0.15) is 0 Å². The summed E-state index contributed by atoms with van der Waals surface area (Å²) in [5.41, 5.74) is 0.860. The fourth-order valence-corrected chi connectivity index (χ4v) is 2.91. The van der Waals surface area contributed by atoms with Gasteiger partial charge in [-0.05, 0) is 37.0 Å². The molecule has 0 radical (unpaired) electrons. The Morgan fingerprint density at radius 2 is 2.12 bits per heavy atom. The summed E-state index contributed by atoms with van der Waals surface area (Å²) in [6.07, 6.45) is 6.26. The van der Waals surface area contributed by atoms with Crippen LogP contribution in [0.5, 0.6) is 0 Å². The fourth-order valence-electron chi connectivity index (χ4n) is 2.69. The maximum absolute atomic E-state index is 13.0. The molecule has 1 N–H and O–H groups in total. The van der Waals surface area contributed by atoms with E-state index >= 15 is 0 Å². The van der Waals surface area contributed by atoms with Gasteiger partial charge in [0.2, 0.25) is 0 Å². The molecule has 2 rings (SSSR count). The van der Waals surface area contributed by atoms with Crippen LogP contribution in [0.2, 0.25) is 5.02 Å². The van der Waals surface area contributed by atoms with Gasteiger partial charge in [-0.3, -0.25) is 0 Å². The molecule has 2 unspecified atom stereocenters. The van der Waals surface area contributed by atoms with Gasteiger partial charge in [-0.25, -0.2) is 4.39 Å². The Hall–Kier alpha value is -0.760. The van der Waals surface area contributed by atoms with Gasteiger partial charge in [0, 0.05) is 6.04 Å². The second kappa shape index (κ2) is 5.72. The number of nitrogens with one attached hydrogen (secondary N) is 1. The Morgan fingerprint density at radius 1 is 1.35 bits per heavy atom. The largest absolute Gasteiger partial charge is 0.381 e. The van der Waals surface area contributed by atoms with Crippen molar-refractivity contribution in [3.05, 3.63) is 29.0 Å². The molecular weight excluding hydrogens is 237 g/mol. The van der Waals surface area contributed by atoms with Gasteiger partial charge in [-0.15, -0.1) is 0 Å². The third kappa shape index (κ3) is 3.12. The van der Waals surface area contributed by atoms with Crippen molar-refractivity contribution in [2.75, 3.05) is 5.32 Å². The Kier molecular flexibility index (Phi) is 4.27. The van der Waals surface area contributed by atoms with E-state index in [-0.39, 0.29) is 5.82 Å². The first-order valence-electron chi connectivity index (χ1n) is 6.42. The molecule has 1 nitrogen and oxygen atoms in total. The standard InChI is InChI=1S/C14H19ClFN/c1-2-10-5-3-4-6-13(10)17-14-8-7-11(16)9-12(14)15/h7-10,13,17H,2-6H2,1H3. The second-order valence-electron chi connectivity index (χ2n) is 4.83. The average molecular weight is 256 g/mol. The lowest BCUT2D eigenvalue weighted by molar-refractivity contribution is 0.317. The molecule has 1 aliphatic rings. The van der Waals surface area contributed by atoms with Gasteiger partial charge in [-0.1, -0.05) is 37.8 Å². The van der Waals surface area contributed by atoms with Crippen molar-refractivity contribution in [1.29, 1.82) is 0 Å². The predicted molar refractivity (Wildman–Crippen MR) is 71.1 cm³/mol. The number of hydrogen-bond acceptors (Lipinski definition) is 1. The van der Waals surface area contributed by atoms with Crippen LogP contribution in [0.15, 0.2) is 18.2 Å². The molecule has 1 fully saturated rings. The first-order valence-corrected chi connectivity index (χ1v) is 6.80. The minimum Gasteiger partial charge on any atom is -0.381 e. The molecule has 1 aromatic rings. The lowest BCUT2D eigenvalue weighted by Crippen LogP contribution is -2.31.